The third-order valence-electron chi connectivity index (χ3n) is 3.54. The predicted molar refractivity (Wildman–Crippen MR) is 82.7 cm³/mol. The van der Waals surface area contributed by atoms with E-state index in [4.69, 9.17) is 4.74 Å². The summed E-state index contributed by atoms with van der Waals surface area (Å²) in [5, 5.41) is 3.43. The normalized spacial score (nSPS) is 13.3. The van der Waals surface area contributed by atoms with E-state index >= 15 is 0 Å². The fourth-order valence-electron chi connectivity index (χ4n) is 2.34. The Kier molecular flexibility index (Phi) is 6.93. The van der Waals surface area contributed by atoms with Crippen LogP contribution in [0.4, 0.5) is 0 Å². The number of nitrogens with one attached hydrogen (secondary N) is 1. The number of hydrogen-bond donors (Lipinski definition) is 1. The summed E-state index contributed by atoms with van der Waals surface area (Å²) in [5.74, 6) is 0.977. The van der Waals surface area contributed by atoms with E-state index in [0.29, 0.717) is 11.5 Å². The highest BCUT2D eigenvalue weighted by Gasteiger charge is 2.21. The average Bonchev–Trinajstić information content (AvgIpc) is 2.37. The molecule has 0 bridgehead atoms. The highest BCUT2D eigenvalue weighted by Crippen LogP contribution is 2.23. The Hall–Kier alpha value is -1.02. The number of para-hydroxylation sites is 1. The molecule has 1 rings (SSSR count). The summed E-state index contributed by atoms with van der Waals surface area (Å²) in [5.41, 5.74) is 0.343. The zero-order chi connectivity index (χ0) is 14.1. The summed E-state index contributed by atoms with van der Waals surface area (Å²) in [7, 11) is 2.06. The summed E-state index contributed by atoms with van der Waals surface area (Å²) in [4.78, 5) is 0. The van der Waals surface area contributed by atoms with Gasteiger partial charge < -0.3 is 10.1 Å². The van der Waals surface area contributed by atoms with Gasteiger partial charge >= 0.3 is 0 Å². The predicted octanol–water partition coefficient (Wildman–Crippen LogP) is 4.26. The van der Waals surface area contributed by atoms with Crippen molar-refractivity contribution in [1.29, 1.82) is 0 Å². The van der Waals surface area contributed by atoms with Crippen molar-refractivity contribution in [3.8, 4) is 5.75 Å². The summed E-state index contributed by atoms with van der Waals surface area (Å²) < 4.78 is 5.69. The van der Waals surface area contributed by atoms with Crippen LogP contribution in [-0.4, -0.2) is 19.7 Å². The van der Waals surface area contributed by atoms with E-state index in [1.54, 1.807) is 0 Å². The van der Waals surface area contributed by atoms with Crippen LogP contribution in [0.25, 0.3) is 0 Å². The average molecular weight is 263 g/mol. The van der Waals surface area contributed by atoms with Gasteiger partial charge in [0.15, 0.2) is 0 Å². The maximum atomic E-state index is 5.69. The Labute approximate surface area is 118 Å². The van der Waals surface area contributed by atoms with Crippen molar-refractivity contribution in [1.82, 2.24) is 5.32 Å². The van der Waals surface area contributed by atoms with Crippen LogP contribution < -0.4 is 10.1 Å². The highest BCUT2D eigenvalue weighted by molar-refractivity contribution is 5.20. The molecule has 0 aromatic heterocycles. The van der Waals surface area contributed by atoms with Gasteiger partial charge in [-0.1, -0.05) is 51.8 Å². The van der Waals surface area contributed by atoms with Crippen LogP contribution in [0.5, 0.6) is 5.75 Å². The number of hydrogen-bond acceptors (Lipinski definition) is 2. The van der Waals surface area contributed by atoms with Crippen LogP contribution >= 0.6 is 0 Å². The van der Waals surface area contributed by atoms with Crippen LogP contribution in [0, 0.1) is 5.41 Å². The minimum Gasteiger partial charge on any atom is -0.494 e. The van der Waals surface area contributed by atoms with Gasteiger partial charge in [-0.05, 0) is 37.4 Å². The minimum absolute atomic E-state index is 0.343. The number of ether oxygens (including phenoxy) is 1. The molecule has 1 aromatic carbocycles. The van der Waals surface area contributed by atoms with Gasteiger partial charge in [0.2, 0.25) is 0 Å². The van der Waals surface area contributed by atoms with Gasteiger partial charge in [0, 0.05) is 6.04 Å². The first-order valence-corrected chi connectivity index (χ1v) is 7.39. The Morgan fingerprint density at radius 1 is 1.05 bits per heavy atom. The van der Waals surface area contributed by atoms with Crippen molar-refractivity contribution in [3.05, 3.63) is 30.3 Å². The first-order chi connectivity index (χ1) is 9.04. The summed E-state index contributed by atoms with van der Waals surface area (Å²) in [6, 6.07) is 10.7. The monoisotopic (exact) mass is 263 g/mol. The van der Waals surface area contributed by atoms with Crippen LogP contribution in [0.2, 0.25) is 0 Å². The summed E-state index contributed by atoms with van der Waals surface area (Å²) >= 11 is 0. The molecule has 0 heterocycles. The van der Waals surface area contributed by atoms with E-state index in [-0.39, 0.29) is 0 Å². The van der Waals surface area contributed by atoms with Gasteiger partial charge in [0.05, 0.1) is 6.61 Å². The molecule has 2 nitrogen and oxygen atoms in total. The SMILES string of the molecule is CNC(CCCCCOc1ccccc1)C(C)(C)C. The smallest absolute Gasteiger partial charge is 0.119 e. The fraction of sp³-hybridized carbons (Fsp3) is 0.647. The maximum absolute atomic E-state index is 5.69. The lowest BCUT2D eigenvalue weighted by Crippen LogP contribution is -2.37. The maximum Gasteiger partial charge on any atom is 0.119 e. The van der Waals surface area contributed by atoms with Crippen molar-refractivity contribution >= 4 is 0 Å². The molecule has 0 saturated carbocycles. The number of benzene rings is 1. The standard InChI is InChI=1S/C17H29NO/c1-17(2,3)16(18-4)13-9-6-10-14-19-15-11-7-5-8-12-15/h5,7-8,11-12,16,18H,6,9-10,13-14H2,1-4H3. The Bertz CT molecular complexity index is 329. The highest BCUT2D eigenvalue weighted by atomic mass is 16.5. The molecular formula is C17H29NO. The Balaban J connectivity index is 2.08. The Morgan fingerprint density at radius 3 is 2.32 bits per heavy atom. The van der Waals surface area contributed by atoms with E-state index in [9.17, 15) is 0 Å². The van der Waals surface area contributed by atoms with Crippen LogP contribution in [-0.2, 0) is 0 Å². The molecule has 1 atom stereocenters. The molecule has 2 heteroatoms. The number of rotatable bonds is 8. The molecule has 1 aromatic rings. The van der Waals surface area contributed by atoms with Gasteiger partial charge in [-0.15, -0.1) is 0 Å². The lowest BCUT2D eigenvalue weighted by Gasteiger charge is -2.30. The largest absolute Gasteiger partial charge is 0.494 e. The molecule has 0 saturated heterocycles. The molecular weight excluding hydrogens is 234 g/mol. The van der Waals surface area contributed by atoms with E-state index in [1.807, 2.05) is 30.3 Å². The zero-order valence-corrected chi connectivity index (χ0v) is 12.9. The van der Waals surface area contributed by atoms with E-state index in [1.165, 1.54) is 19.3 Å². The second-order valence-electron chi connectivity index (χ2n) is 6.22. The minimum atomic E-state index is 0.343. The van der Waals surface area contributed by atoms with Crippen LogP contribution in [0.3, 0.4) is 0 Å². The van der Waals surface area contributed by atoms with Crippen molar-refractivity contribution in [2.75, 3.05) is 13.7 Å². The molecule has 0 aliphatic rings. The number of unbranched alkanes of at least 4 members (excludes halogenated alkanes) is 2. The molecule has 0 spiro atoms. The van der Waals surface area contributed by atoms with Crippen molar-refractivity contribution in [2.24, 2.45) is 5.41 Å². The quantitative estimate of drug-likeness (QED) is 0.708. The van der Waals surface area contributed by atoms with Gasteiger partial charge in [0.25, 0.3) is 0 Å². The molecule has 0 amide bonds. The lowest BCUT2D eigenvalue weighted by molar-refractivity contribution is 0.256. The van der Waals surface area contributed by atoms with Gasteiger partial charge in [-0.25, -0.2) is 0 Å². The van der Waals surface area contributed by atoms with Crippen molar-refractivity contribution in [3.63, 3.8) is 0 Å². The third-order valence-corrected chi connectivity index (χ3v) is 3.54. The summed E-state index contributed by atoms with van der Waals surface area (Å²) in [6.45, 7) is 7.72. The molecule has 0 fully saturated rings. The molecule has 19 heavy (non-hydrogen) atoms. The molecule has 108 valence electrons. The lowest BCUT2D eigenvalue weighted by atomic mass is 9.84. The third kappa shape index (κ3) is 6.63. The van der Waals surface area contributed by atoms with Gasteiger partial charge in [0.1, 0.15) is 5.75 Å². The zero-order valence-electron chi connectivity index (χ0n) is 12.9. The molecule has 1 N–H and O–H groups in total. The van der Waals surface area contributed by atoms with E-state index in [0.717, 1.165) is 18.8 Å². The van der Waals surface area contributed by atoms with Gasteiger partial charge in [-0.2, -0.15) is 0 Å². The molecule has 1 unspecified atom stereocenters. The topological polar surface area (TPSA) is 21.3 Å². The van der Waals surface area contributed by atoms with Crippen LogP contribution in [0.15, 0.2) is 30.3 Å². The molecule has 0 radical (unpaired) electrons. The molecule has 0 aliphatic heterocycles. The second kappa shape index (κ2) is 8.21. The van der Waals surface area contributed by atoms with E-state index < -0.39 is 0 Å². The fourth-order valence-corrected chi connectivity index (χ4v) is 2.34. The van der Waals surface area contributed by atoms with Crippen molar-refractivity contribution < 1.29 is 4.74 Å². The van der Waals surface area contributed by atoms with Gasteiger partial charge in [-0.3, -0.25) is 0 Å². The Morgan fingerprint density at radius 2 is 1.74 bits per heavy atom. The van der Waals surface area contributed by atoms with Crippen LogP contribution in [0.1, 0.15) is 46.5 Å². The second-order valence-corrected chi connectivity index (χ2v) is 6.22. The first kappa shape index (κ1) is 16.0. The van der Waals surface area contributed by atoms with Crippen molar-refractivity contribution in [2.45, 2.75) is 52.5 Å². The molecule has 0 aliphatic carbocycles. The van der Waals surface area contributed by atoms with E-state index in [2.05, 4.69) is 33.1 Å². The summed E-state index contributed by atoms with van der Waals surface area (Å²) in [6.07, 6.45) is 4.88. The first-order valence-electron chi connectivity index (χ1n) is 7.39.